The number of carbonyl (C=O) groups excluding carboxylic acids is 2. The Labute approximate surface area is 184 Å². The molecule has 0 aromatic heterocycles. The van der Waals surface area contributed by atoms with Gasteiger partial charge >= 0.3 is 5.91 Å². The zero-order chi connectivity index (χ0) is 21.0. The molecule has 5 rings (SSSR count). The Hall–Kier alpha value is -2.47. The van der Waals surface area contributed by atoms with Gasteiger partial charge in [-0.1, -0.05) is 35.0 Å². The van der Waals surface area contributed by atoms with Crippen LogP contribution in [0.15, 0.2) is 40.9 Å². The number of fused-ring (bicyclic) bond motifs is 2. The molecule has 30 heavy (non-hydrogen) atoms. The Balaban J connectivity index is 1.26. The molecule has 1 heterocycles. The van der Waals surface area contributed by atoms with Crippen LogP contribution < -0.4 is 10.1 Å². The molecule has 0 saturated heterocycles. The van der Waals surface area contributed by atoms with Crippen LogP contribution >= 0.6 is 15.9 Å². The van der Waals surface area contributed by atoms with Crippen LogP contribution in [0, 0.1) is 17.8 Å². The predicted molar refractivity (Wildman–Crippen MR) is 118 cm³/mol. The Morgan fingerprint density at radius 2 is 2.00 bits per heavy atom. The molecule has 2 amide bonds. The molecular weight excluding hydrogens is 444 g/mol. The van der Waals surface area contributed by atoms with Crippen molar-refractivity contribution in [3.63, 3.8) is 0 Å². The van der Waals surface area contributed by atoms with Gasteiger partial charge in [-0.05, 0) is 43.0 Å². The topological polar surface area (TPSA) is 58.4 Å². The van der Waals surface area contributed by atoms with Gasteiger partial charge in [-0.3, -0.25) is 4.79 Å². The molecular formula is C24H24BrN2O3+. The van der Waals surface area contributed by atoms with Gasteiger partial charge in [-0.15, -0.1) is 0 Å². The number of aryl methyl sites for hydroxylation is 1. The van der Waals surface area contributed by atoms with E-state index in [1.807, 2.05) is 41.0 Å². The van der Waals surface area contributed by atoms with Gasteiger partial charge in [0.25, 0.3) is 0 Å². The number of hydrogen-bond acceptors (Lipinski definition) is 3. The second-order valence-electron chi connectivity index (χ2n) is 8.33. The molecule has 1 N–H and O–H groups in total. The number of methoxy groups -OCH3 is 1. The number of carbonyl (C=O) groups is 2. The number of halogens is 1. The lowest BCUT2D eigenvalue weighted by atomic mass is 10.0. The highest BCUT2D eigenvalue weighted by Crippen LogP contribution is 2.52. The normalized spacial score (nSPS) is 26.4. The van der Waals surface area contributed by atoms with Crippen LogP contribution in [0.3, 0.4) is 0 Å². The van der Waals surface area contributed by atoms with Gasteiger partial charge in [-0.2, -0.15) is 4.58 Å². The lowest BCUT2D eigenvalue weighted by Crippen LogP contribution is -2.24. The van der Waals surface area contributed by atoms with Crippen molar-refractivity contribution in [1.82, 2.24) is 0 Å². The molecule has 6 heteroatoms. The first-order valence-corrected chi connectivity index (χ1v) is 11.2. The Morgan fingerprint density at radius 3 is 2.67 bits per heavy atom. The summed E-state index contributed by atoms with van der Waals surface area (Å²) in [7, 11) is 1.65. The minimum Gasteiger partial charge on any atom is -0.496 e. The Bertz CT molecular complexity index is 1090. The summed E-state index contributed by atoms with van der Waals surface area (Å²) in [6.07, 6.45) is 2.52. The second-order valence-corrected chi connectivity index (χ2v) is 9.19. The maximum absolute atomic E-state index is 12.8. The smallest absolute Gasteiger partial charge is 0.420 e. The van der Waals surface area contributed by atoms with Gasteiger partial charge in [0.1, 0.15) is 11.3 Å². The van der Waals surface area contributed by atoms with Crippen LogP contribution in [0.1, 0.15) is 41.3 Å². The van der Waals surface area contributed by atoms with Crippen molar-refractivity contribution in [2.75, 3.05) is 12.4 Å². The van der Waals surface area contributed by atoms with E-state index in [0.717, 1.165) is 51.9 Å². The van der Waals surface area contributed by atoms with E-state index in [1.165, 1.54) is 5.71 Å². The molecule has 3 aliphatic rings. The summed E-state index contributed by atoms with van der Waals surface area (Å²) in [5.74, 6) is 1.67. The number of benzene rings is 2. The molecule has 5 nitrogen and oxygen atoms in total. The quantitative estimate of drug-likeness (QED) is 0.676. The number of amides is 2. The second kappa shape index (κ2) is 7.34. The van der Waals surface area contributed by atoms with Crippen LogP contribution in [-0.4, -0.2) is 29.2 Å². The molecule has 2 fully saturated rings. The fraction of sp³-hybridized carbons (Fsp3) is 0.375. The summed E-state index contributed by atoms with van der Waals surface area (Å²) in [5.41, 5.74) is 4.98. The van der Waals surface area contributed by atoms with Crippen molar-refractivity contribution in [2.45, 2.75) is 32.7 Å². The van der Waals surface area contributed by atoms with Gasteiger partial charge in [0.15, 0.2) is 12.3 Å². The van der Waals surface area contributed by atoms with E-state index >= 15 is 0 Å². The number of nitrogens with zero attached hydrogens (tertiary/aromatic N) is 1. The molecule has 2 unspecified atom stereocenters. The fourth-order valence-corrected chi connectivity index (χ4v) is 5.61. The van der Waals surface area contributed by atoms with Crippen molar-refractivity contribution in [2.24, 2.45) is 17.8 Å². The zero-order valence-corrected chi connectivity index (χ0v) is 18.7. The SMILES string of the molecule is CCc1ccc(NC(=O)C2CC3C(=[N+]4Cc5c(Br)cccc5C4=O)[C@H]3C2)cc1OC. The molecule has 2 aromatic rings. The number of hydrogen-bond donors (Lipinski definition) is 1. The first kappa shape index (κ1) is 19.5. The standard InChI is InChI=1S/C24H23BrN2O3/c1-3-13-7-8-15(11-21(13)30-2)26-23(28)14-9-17-18(10-14)22(17)27-12-19-16(24(27)29)5-4-6-20(19)25/h4-8,11,14,17-18H,3,9-10,12H2,1-2H3/p+1/t14?,17-,18?/m0/s1. The third-order valence-corrected chi connectivity index (χ3v) is 7.48. The average molecular weight is 468 g/mol. The van der Waals surface area contributed by atoms with E-state index in [-0.39, 0.29) is 17.7 Å². The zero-order valence-electron chi connectivity index (χ0n) is 17.1. The Kier molecular flexibility index (Phi) is 4.77. The maximum atomic E-state index is 12.8. The summed E-state index contributed by atoms with van der Waals surface area (Å²) in [6.45, 7) is 2.72. The van der Waals surface area contributed by atoms with E-state index in [0.29, 0.717) is 18.4 Å². The first-order valence-electron chi connectivity index (χ1n) is 10.5. The van der Waals surface area contributed by atoms with Crippen molar-refractivity contribution < 1.29 is 18.9 Å². The van der Waals surface area contributed by atoms with Crippen molar-refractivity contribution in [3.05, 3.63) is 57.6 Å². The maximum Gasteiger partial charge on any atom is 0.420 e. The molecule has 0 radical (unpaired) electrons. The highest BCUT2D eigenvalue weighted by molar-refractivity contribution is 9.10. The van der Waals surface area contributed by atoms with Crippen molar-refractivity contribution >= 4 is 39.1 Å². The highest BCUT2D eigenvalue weighted by Gasteiger charge is 2.62. The summed E-state index contributed by atoms with van der Waals surface area (Å²) in [4.78, 5) is 25.6. The van der Waals surface area contributed by atoms with E-state index in [1.54, 1.807) is 7.11 Å². The van der Waals surface area contributed by atoms with Crippen LogP contribution in [0.25, 0.3) is 0 Å². The lowest BCUT2D eigenvalue weighted by Gasteiger charge is -2.14. The summed E-state index contributed by atoms with van der Waals surface area (Å²) in [6, 6.07) is 11.6. The van der Waals surface area contributed by atoms with Crippen LogP contribution in [0.2, 0.25) is 0 Å². The average Bonchev–Trinajstić information content (AvgIpc) is 3.08. The number of nitrogens with one attached hydrogen (secondary N) is 1. The fourth-order valence-electron chi connectivity index (χ4n) is 5.12. The van der Waals surface area contributed by atoms with Gasteiger partial charge in [0.2, 0.25) is 5.91 Å². The molecule has 2 aliphatic carbocycles. The third-order valence-electron chi connectivity index (χ3n) is 6.74. The Morgan fingerprint density at radius 1 is 1.23 bits per heavy atom. The summed E-state index contributed by atoms with van der Waals surface area (Å²) >= 11 is 3.56. The molecule has 154 valence electrons. The molecule has 0 spiro atoms. The minimum atomic E-state index is -0.00702. The third kappa shape index (κ3) is 3.09. The van der Waals surface area contributed by atoms with Gasteiger partial charge in [0, 0.05) is 27.7 Å². The summed E-state index contributed by atoms with van der Waals surface area (Å²) in [5, 5.41) is 3.05. The first-order chi connectivity index (χ1) is 14.5. The molecule has 0 bridgehead atoms. The van der Waals surface area contributed by atoms with Crippen LogP contribution in [-0.2, 0) is 17.8 Å². The van der Waals surface area contributed by atoms with Crippen LogP contribution in [0.4, 0.5) is 5.69 Å². The lowest BCUT2D eigenvalue weighted by molar-refractivity contribution is -0.437. The van der Waals surface area contributed by atoms with Crippen molar-refractivity contribution in [1.29, 1.82) is 0 Å². The molecule has 3 atom stereocenters. The van der Waals surface area contributed by atoms with E-state index < -0.39 is 0 Å². The highest BCUT2D eigenvalue weighted by atomic mass is 79.9. The number of ether oxygens (including phenoxy) is 1. The molecule has 2 saturated carbocycles. The molecule has 1 aliphatic heterocycles. The van der Waals surface area contributed by atoms with Gasteiger partial charge in [-0.25, -0.2) is 4.79 Å². The van der Waals surface area contributed by atoms with Gasteiger partial charge < -0.3 is 10.1 Å². The largest absolute Gasteiger partial charge is 0.496 e. The monoisotopic (exact) mass is 467 g/mol. The summed E-state index contributed by atoms with van der Waals surface area (Å²) < 4.78 is 8.36. The predicted octanol–water partition coefficient (Wildman–Crippen LogP) is 4.42. The van der Waals surface area contributed by atoms with Gasteiger partial charge in [0.05, 0.1) is 18.9 Å². The van der Waals surface area contributed by atoms with Crippen molar-refractivity contribution in [3.8, 4) is 5.75 Å². The molecule has 2 aromatic carbocycles. The minimum absolute atomic E-state index is 0.00702. The van der Waals surface area contributed by atoms with E-state index in [9.17, 15) is 9.59 Å². The van der Waals surface area contributed by atoms with E-state index in [4.69, 9.17) is 4.74 Å². The number of rotatable bonds is 4. The van der Waals surface area contributed by atoms with Crippen LogP contribution in [0.5, 0.6) is 5.75 Å². The van der Waals surface area contributed by atoms with E-state index in [2.05, 4.69) is 28.2 Å². The number of anilines is 1.